The van der Waals surface area contributed by atoms with E-state index in [0.29, 0.717) is 6.42 Å². The lowest BCUT2D eigenvalue weighted by Gasteiger charge is -2.25. The molecule has 0 fully saturated rings. The molecular formula is C20H39Cl2NO2. The van der Waals surface area contributed by atoms with E-state index >= 15 is 0 Å². The molecule has 1 unspecified atom stereocenters. The highest BCUT2D eigenvalue weighted by Gasteiger charge is 2.32. The summed E-state index contributed by atoms with van der Waals surface area (Å²) in [7, 11) is 0. The number of halogens is 2. The zero-order valence-electron chi connectivity index (χ0n) is 16.1. The number of carboxylic acids is 1. The SMILES string of the molecule is CCCCCCCCCCCCCCCCC(Cl)(Cl)C(N)CC(=O)O. The highest BCUT2D eigenvalue weighted by atomic mass is 35.5. The van der Waals surface area contributed by atoms with Crippen molar-refractivity contribution in [1.82, 2.24) is 0 Å². The standard InChI is InChI=1S/C20H39Cl2NO2/c1-2-3-4-5-6-7-8-9-10-11-12-13-14-15-16-20(21,22)18(23)17-19(24)25/h18H,2-17,23H2,1H3,(H,24,25). The predicted molar refractivity (Wildman–Crippen MR) is 110 cm³/mol. The summed E-state index contributed by atoms with van der Waals surface area (Å²) >= 11 is 12.3. The fourth-order valence-electron chi connectivity index (χ4n) is 3.08. The minimum Gasteiger partial charge on any atom is -0.481 e. The maximum absolute atomic E-state index is 10.7. The Bertz CT molecular complexity index is 325. The van der Waals surface area contributed by atoms with E-state index in [0.717, 1.165) is 12.8 Å². The van der Waals surface area contributed by atoms with Crippen molar-refractivity contribution in [1.29, 1.82) is 0 Å². The van der Waals surface area contributed by atoms with E-state index < -0.39 is 16.3 Å². The van der Waals surface area contributed by atoms with Crippen LogP contribution in [0.5, 0.6) is 0 Å². The topological polar surface area (TPSA) is 63.3 Å². The molecule has 150 valence electrons. The molecule has 0 radical (unpaired) electrons. The molecule has 0 saturated carbocycles. The van der Waals surface area contributed by atoms with E-state index in [9.17, 15) is 4.79 Å². The van der Waals surface area contributed by atoms with Crippen LogP contribution in [0.4, 0.5) is 0 Å². The third-order valence-electron chi connectivity index (χ3n) is 4.80. The van der Waals surface area contributed by atoms with Gasteiger partial charge in [0.2, 0.25) is 0 Å². The van der Waals surface area contributed by atoms with Gasteiger partial charge in [-0.1, -0.05) is 120 Å². The number of unbranched alkanes of at least 4 members (excludes halogenated alkanes) is 13. The molecule has 0 aliphatic carbocycles. The lowest BCUT2D eigenvalue weighted by atomic mass is 10.0. The predicted octanol–water partition coefficient (Wildman–Crippen LogP) is 6.83. The van der Waals surface area contributed by atoms with Crippen LogP contribution in [-0.4, -0.2) is 21.5 Å². The first-order chi connectivity index (χ1) is 11.9. The van der Waals surface area contributed by atoms with Crippen molar-refractivity contribution in [3.8, 4) is 0 Å². The van der Waals surface area contributed by atoms with Crippen LogP contribution in [0.2, 0.25) is 0 Å². The zero-order valence-corrected chi connectivity index (χ0v) is 17.6. The van der Waals surface area contributed by atoms with Crippen molar-refractivity contribution < 1.29 is 9.90 Å². The van der Waals surface area contributed by atoms with Gasteiger partial charge in [0.25, 0.3) is 0 Å². The van der Waals surface area contributed by atoms with Crippen LogP contribution in [0.15, 0.2) is 0 Å². The Morgan fingerprint density at radius 1 is 0.840 bits per heavy atom. The summed E-state index contributed by atoms with van der Waals surface area (Å²) in [5.74, 6) is -0.959. The van der Waals surface area contributed by atoms with Crippen LogP contribution in [0.3, 0.4) is 0 Å². The molecule has 0 amide bonds. The van der Waals surface area contributed by atoms with Crippen molar-refractivity contribution in [3.05, 3.63) is 0 Å². The van der Waals surface area contributed by atoms with Gasteiger partial charge >= 0.3 is 5.97 Å². The molecule has 0 saturated heterocycles. The fourth-order valence-corrected chi connectivity index (χ4v) is 3.50. The average Bonchev–Trinajstić information content (AvgIpc) is 2.54. The lowest BCUT2D eigenvalue weighted by molar-refractivity contribution is -0.137. The van der Waals surface area contributed by atoms with Crippen molar-refractivity contribution in [2.45, 2.75) is 120 Å². The van der Waals surface area contributed by atoms with Gasteiger partial charge in [0, 0.05) is 6.04 Å². The maximum Gasteiger partial charge on any atom is 0.305 e. The smallest absolute Gasteiger partial charge is 0.305 e. The summed E-state index contributed by atoms with van der Waals surface area (Å²) in [5, 5.41) is 8.74. The molecule has 0 aromatic heterocycles. The average molecular weight is 396 g/mol. The van der Waals surface area contributed by atoms with Crippen LogP contribution in [-0.2, 0) is 4.79 Å². The Morgan fingerprint density at radius 3 is 1.56 bits per heavy atom. The first-order valence-electron chi connectivity index (χ1n) is 10.3. The second-order valence-corrected chi connectivity index (χ2v) is 8.85. The molecule has 0 bridgehead atoms. The highest BCUT2D eigenvalue weighted by molar-refractivity contribution is 6.49. The number of aliphatic carboxylic acids is 1. The van der Waals surface area contributed by atoms with Crippen LogP contribution in [0, 0.1) is 0 Å². The van der Waals surface area contributed by atoms with Crippen LogP contribution in [0.25, 0.3) is 0 Å². The van der Waals surface area contributed by atoms with Gasteiger partial charge in [0.05, 0.1) is 6.42 Å². The number of hydrogen-bond donors (Lipinski definition) is 2. The number of alkyl halides is 2. The molecule has 3 N–H and O–H groups in total. The number of hydrogen-bond acceptors (Lipinski definition) is 2. The summed E-state index contributed by atoms with van der Waals surface area (Å²) in [6.45, 7) is 2.26. The summed E-state index contributed by atoms with van der Waals surface area (Å²) < 4.78 is -1.13. The monoisotopic (exact) mass is 395 g/mol. The molecule has 3 nitrogen and oxygen atoms in total. The molecule has 5 heteroatoms. The minimum atomic E-state index is -1.13. The first kappa shape index (κ1) is 25.0. The summed E-state index contributed by atoms with van der Waals surface area (Å²) in [6, 6.07) is -0.713. The van der Waals surface area contributed by atoms with Gasteiger partial charge in [0.1, 0.15) is 4.33 Å². The number of carboxylic acid groups (broad SMARTS) is 1. The Hall–Kier alpha value is 0.01000. The molecule has 25 heavy (non-hydrogen) atoms. The number of nitrogens with two attached hydrogens (primary N) is 1. The first-order valence-corrected chi connectivity index (χ1v) is 11.0. The van der Waals surface area contributed by atoms with Gasteiger partial charge in [-0.2, -0.15) is 0 Å². The summed E-state index contributed by atoms with van der Waals surface area (Å²) in [6.07, 6.45) is 18.5. The van der Waals surface area contributed by atoms with Crippen LogP contribution < -0.4 is 5.73 Å². The summed E-state index contributed by atoms with van der Waals surface area (Å²) in [4.78, 5) is 10.7. The largest absolute Gasteiger partial charge is 0.481 e. The van der Waals surface area contributed by atoms with Crippen molar-refractivity contribution in [2.75, 3.05) is 0 Å². The lowest BCUT2D eigenvalue weighted by Crippen LogP contribution is -2.40. The third kappa shape index (κ3) is 15.9. The Kier molecular flexibility index (Phi) is 16.2. The highest BCUT2D eigenvalue weighted by Crippen LogP contribution is 2.32. The van der Waals surface area contributed by atoms with Gasteiger partial charge < -0.3 is 10.8 Å². The van der Waals surface area contributed by atoms with Gasteiger partial charge in [-0.3, -0.25) is 4.79 Å². The van der Waals surface area contributed by atoms with Gasteiger partial charge in [0.15, 0.2) is 0 Å². The molecule has 0 aromatic carbocycles. The second-order valence-electron chi connectivity index (χ2n) is 7.31. The third-order valence-corrected chi connectivity index (χ3v) is 5.74. The fraction of sp³-hybridized carbons (Fsp3) is 0.950. The normalized spacial score (nSPS) is 13.1. The molecule has 0 aliphatic heterocycles. The van der Waals surface area contributed by atoms with E-state index in [2.05, 4.69) is 6.92 Å². The number of carbonyl (C=O) groups is 1. The van der Waals surface area contributed by atoms with Gasteiger partial charge in [-0.25, -0.2) is 0 Å². The van der Waals surface area contributed by atoms with E-state index in [1.165, 1.54) is 77.0 Å². The van der Waals surface area contributed by atoms with Crippen LogP contribution >= 0.6 is 23.2 Å². The second kappa shape index (κ2) is 16.2. The number of rotatable bonds is 18. The van der Waals surface area contributed by atoms with Crippen molar-refractivity contribution >= 4 is 29.2 Å². The van der Waals surface area contributed by atoms with Gasteiger partial charge in [-0.15, -0.1) is 0 Å². The molecule has 0 heterocycles. The minimum absolute atomic E-state index is 0.189. The Morgan fingerprint density at radius 2 is 1.20 bits per heavy atom. The van der Waals surface area contributed by atoms with Gasteiger partial charge in [-0.05, 0) is 6.42 Å². The van der Waals surface area contributed by atoms with E-state index in [4.69, 9.17) is 34.0 Å². The molecule has 0 aromatic rings. The van der Waals surface area contributed by atoms with E-state index in [-0.39, 0.29) is 6.42 Å². The maximum atomic E-state index is 10.7. The molecule has 0 rings (SSSR count). The van der Waals surface area contributed by atoms with Crippen molar-refractivity contribution in [2.24, 2.45) is 5.73 Å². The zero-order chi connectivity index (χ0) is 19.0. The molecule has 0 spiro atoms. The van der Waals surface area contributed by atoms with Crippen molar-refractivity contribution in [3.63, 3.8) is 0 Å². The molecule has 0 aliphatic rings. The summed E-state index contributed by atoms with van der Waals surface area (Å²) in [5.41, 5.74) is 5.76. The van der Waals surface area contributed by atoms with E-state index in [1.54, 1.807) is 0 Å². The van der Waals surface area contributed by atoms with E-state index in [1.807, 2.05) is 0 Å². The molecule has 1 atom stereocenters. The Labute approximate surface area is 165 Å². The quantitative estimate of drug-likeness (QED) is 0.197. The van der Waals surface area contributed by atoms with Crippen LogP contribution in [0.1, 0.15) is 110 Å². The molecular weight excluding hydrogens is 357 g/mol. The Balaban J connectivity index is 3.37.